The Hall–Kier alpha value is -4.86. The molecule has 2 aliphatic rings. The van der Waals surface area contributed by atoms with Crippen molar-refractivity contribution in [2.45, 2.75) is 25.0 Å². The fourth-order valence-corrected chi connectivity index (χ4v) is 4.50. The predicted molar refractivity (Wildman–Crippen MR) is 134 cm³/mol. The van der Waals surface area contributed by atoms with Crippen molar-refractivity contribution in [2.24, 2.45) is 0 Å². The number of fused-ring (bicyclic) bond motifs is 2. The number of ether oxygens (including phenoxy) is 2. The molecule has 2 N–H and O–H groups in total. The molecule has 2 aliphatic heterocycles. The maximum absolute atomic E-state index is 13.7. The molecule has 0 amide bonds. The molecule has 0 radical (unpaired) electrons. The summed E-state index contributed by atoms with van der Waals surface area (Å²) >= 11 is 0. The molecular weight excluding hydrogens is 532 g/mol. The van der Waals surface area contributed by atoms with Gasteiger partial charge in [-0.25, -0.2) is 17.6 Å². The number of hydrogen-bond donors (Lipinski definition) is 2. The summed E-state index contributed by atoms with van der Waals surface area (Å²) in [5.41, 5.74) is 0.810. The van der Waals surface area contributed by atoms with Crippen molar-refractivity contribution in [3.8, 4) is 23.0 Å². The van der Waals surface area contributed by atoms with Gasteiger partial charge in [-0.05, 0) is 60.7 Å². The van der Waals surface area contributed by atoms with E-state index in [1.165, 1.54) is 48.5 Å². The third-order valence-corrected chi connectivity index (χ3v) is 6.43. The molecule has 6 nitrogen and oxygen atoms in total. The number of ketones is 2. The molecule has 40 heavy (non-hydrogen) atoms. The Morgan fingerprint density at radius 2 is 0.975 bits per heavy atom. The summed E-state index contributed by atoms with van der Waals surface area (Å²) in [5.74, 6) is -2.86. The summed E-state index contributed by atoms with van der Waals surface area (Å²) in [6, 6.07) is 14.6. The van der Waals surface area contributed by atoms with Gasteiger partial charge in [0.05, 0.1) is 24.0 Å². The summed E-state index contributed by atoms with van der Waals surface area (Å²) in [7, 11) is 0. The zero-order valence-electron chi connectivity index (χ0n) is 20.5. The zero-order valence-corrected chi connectivity index (χ0v) is 20.5. The molecule has 0 spiro atoms. The molecule has 6 rings (SSSR count). The number of carbonyl (C=O) groups excluding carboxylic acids is 2. The van der Waals surface area contributed by atoms with Crippen LogP contribution in [0, 0.1) is 23.3 Å². The minimum Gasteiger partial charge on any atom is -0.508 e. The Morgan fingerprint density at radius 1 is 0.575 bits per heavy atom. The second-order valence-corrected chi connectivity index (χ2v) is 9.16. The molecule has 0 aliphatic carbocycles. The van der Waals surface area contributed by atoms with E-state index in [0.29, 0.717) is 0 Å². The first-order chi connectivity index (χ1) is 19.1. The van der Waals surface area contributed by atoms with Crippen molar-refractivity contribution in [3.63, 3.8) is 0 Å². The molecule has 204 valence electrons. The van der Waals surface area contributed by atoms with E-state index >= 15 is 0 Å². The highest BCUT2D eigenvalue weighted by Gasteiger charge is 2.31. The second-order valence-electron chi connectivity index (χ2n) is 9.16. The van der Waals surface area contributed by atoms with Crippen molar-refractivity contribution in [3.05, 3.63) is 118 Å². The van der Waals surface area contributed by atoms with Crippen molar-refractivity contribution < 1.29 is 46.8 Å². The number of aromatic hydroxyl groups is 2. The van der Waals surface area contributed by atoms with Crippen LogP contribution in [0.5, 0.6) is 23.0 Å². The molecule has 2 heterocycles. The van der Waals surface area contributed by atoms with Gasteiger partial charge in [-0.1, -0.05) is 0 Å². The first kappa shape index (κ1) is 26.7. The van der Waals surface area contributed by atoms with Crippen molar-refractivity contribution in [1.29, 1.82) is 0 Å². The Labute approximate surface area is 225 Å². The lowest BCUT2D eigenvalue weighted by atomic mass is 9.96. The zero-order chi connectivity index (χ0) is 28.6. The van der Waals surface area contributed by atoms with Gasteiger partial charge in [0.25, 0.3) is 0 Å². The summed E-state index contributed by atoms with van der Waals surface area (Å²) < 4.78 is 64.4. The molecule has 2 atom stereocenters. The van der Waals surface area contributed by atoms with Crippen LogP contribution < -0.4 is 9.47 Å². The summed E-state index contributed by atoms with van der Waals surface area (Å²) in [4.78, 5) is 24.0. The molecule has 0 saturated heterocycles. The van der Waals surface area contributed by atoms with Crippen LogP contribution in [0.3, 0.4) is 0 Å². The number of phenols is 2. The van der Waals surface area contributed by atoms with E-state index in [1.54, 1.807) is 0 Å². The number of benzene rings is 4. The normalized spacial score (nSPS) is 17.5. The number of phenolic OH excluding ortho intramolecular Hbond substituents is 2. The van der Waals surface area contributed by atoms with Gasteiger partial charge in [-0.15, -0.1) is 0 Å². The quantitative estimate of drug-likeness (QED) is 0.267. The third-order valence-electron chi connectivity index (χ3n) is 6.43. The molecule has 0 bridgehead atoms. The van der Waals surface area contributed by atoms with Gasteiger partial charge in [0.1, 0.15) is 58.5 Å². The Balaban J connectivity index is 0.000000161. The van der Waals surface area contributed by atoms with Crippen LogP contribution in [0.15, 0.2) is 72.8 Å². The molecule has 10 heteroatoms. The molecule has 0 saturated carbocycles. The lowest BCUT2D eigenvalue weighted by Gasteiger charge is -2.25. The molecule has 4 aromatic rings. The van der Waals surface area contributed by atoms with E-state index in [1.807, 2.05) is 0 Å². The number of Topliss-reactive ketones (excluding diaryl/α,β-unsaturated/α-hetero) is 2. The SMILES string of the molecule is O=C1CC(c2ccc(F)cc2F)Oc2ccc(O)cc21.O=C1CC(c2ccc(F)cc2F)Oc2ccc(O)cc21. The standard InChI is InChI=1S/2C15H10F2O3/c2*16-8-1-3-10(12(17)5-8)15-7-13(19)11-6-9(18)2-4-14(11)20-15/h2*1-6,15,18H,7H2. The highest BCUT2D eigenvalue weighted by Crippen LogP contribution is 2.38. The van der Waals surface area contributed by atoms with Crippen molar-refractivity contribution in [2.75, 3.05) is 0 Å². The number of rotatable bonds is 2. The van der Waals surface area contributed by atoms with Crippen LogP contribution in [-0.4, -0.2) is 21.8 Å². The third kappa shape index (κ3) is 5.47. The van der Waals surface area contributed by atoms with Gasteiger partial charge in [0.15, 0.2) is 11.6 Å². The van der Waals surface area contributed by atoms with Gasteiger partial charge in [0, 0.05) is 23.3 Å². The lowest BCUT2D eigenvalue weighted by Crippen LogP contribution is -2.21. The number of hydrogen-bond acceptors (Lipinski definition) is 6. The van der Waals surface area contributed by atoms with Crippen LogP contribution in [-0.2, 0) is 0 Å². The Bertz CT molecular complexity index is 1520. The van der Waals surface area contributed by atoms with Gasteiger partial charge in [0.2, 0.25) is 0 Å². The minimum absolute atomic E-state index is 0.0351. The molecular formula is C30H20F4O6. The lowest BCUT2D eigenvalue weighted by molar-refractivity contribution is 0.0835. The minimum atomic E-state index is -0.792. The average Bonchev–Trinajstić information content (AvgIpc) is 2.90. The van der Waals surface area contributed by atoms with Crippen molar-refractivity contribution in [1.82, 2.24) is 0 Å². The highest BCUT2D eigenvalue weighted by atomic mass is 19.1. The summed E-state index contributed by atoms with van der Waals surface area (Å²) in [6.07, 6.45) is -1.70. The fourth-order valence-electron chi connectivity index (χ4n) is 4.50. The first-order valence-corrected chi connectivity index (χ1v) is 12.0. The van der Waals surface area contributed by atoms with Gasteiger partial charge in [-0.2, -0.15) is 0 Å². The molecule has 4 aromatic carbocycles. The smallest absolute Gasteiger partial charge is 0.170 e. The molecule has 0 aromatic heterocycles. The topological polar surface area (TPSA) is 93.1 Å². The predicted octanol–water partition coefficient (Wildman–Crippen LogP) is 6.75. The molecule has 2 unspecified atom stereocenters. The van der Waals surface area contributed by atoms with Crippen LogP contribution in [0.25, 0.3) is 0 Å². The van der Waals surface area contributed by atoms with Gasteiger partial charge < -0.3 is 19.7 Å². The summed E-state index contributed by atoms with van der Waals surface area (Å²) in [5, 5.41) is 18.7. The van der Waals surface area contributed by atoms with E-state index in [-0.39, 0.29) is 69.7 Å². The van der Waals surface area contributed by atoms with E-state index in [4.69, 9.17) is 9.47 Å². The van der Waals surface area contributed by atoms with Gasteiger partial charge >= 0.3 is 0 Å². The van der Waals surface area contributed by atoms with Gasteiger partial charge in [-0.3, -0.25) is 9.59 Å². The van der Waals surface area contributed by atoms with Crippen LogP contribution >= 0.6 is 0 Å². The van der Waals surface area contributed by atoms with Crippen LogP contribution in [0.4, 0.5) is 17.6 Å². The summed E-state index contributed by atoms with van der Waals surface area (Å²) in [6.45, 7) is 0. The van der Waals surface area contributed by atoms with E-state index < -0.39 is 35.5 Å². The van der Waals surface area contributed by atoms with Crippen LogP contribution in [0.1, 0.15) is 56.9 Å². The highest BCUT2D eigenvalue weighted by molar-refractivity contribution is 6.01. The Kier molecular flexibility index (Phi) is 7.17. The van der Waals surface area contributed by atoms with E-state index in [9.17, 15) is 37.4 Å². The fraction of sp³-hybridized carbons (Fsp3) is 0.133. The maximum atomic E-state index is 13.7. The first-order valence-electron chi connectivity index (χ1n) is 12.0. The van der Waals surface area contributed by atoms with Crippen LogP contribution in [0.2, 0.25) is 0 Å². The number of halogens is 4. The second kappa shape index (κ2) is 10.7. The largest absolute Gasteiger partial charge is 0.508 e. The van der Waals surface area contributed by atoms with E-state index in [0.717, 1.165) is 24.3 Å². The maximum Gasteiger partial charge on any atom is 0.170 e. The average molecular weight is 552 g/mol. The van der Waals surface area contributed by atoms with E-state index in [2.05, 4.69) is 0 Å². The Morgan fingerprint density at radius 3 is 1.35 bits per heavy atom. The molecule has 0 fully saturated rings. The monoisotopic (exact) mass is 552 g/mol. The van der Waals surface area contributed by atoms with Crippen molar-refractivity contribution >= 4 is 11.6 Å². The number of carbonyl (C=O) groups is 2.